The highest BCUT2D eigenvalue weighted by Gasteiger charge is 2.19. The Bertz CT molecular complexity index is 336. The van der Waals surface area contributed by atoms with Crippen molar-refractivity contribution >= 4 is 15.9 Å². The first-order valence-corrected chi connectivity index (χ1v) is 6.72. The van der Waals surface area contributed by atoms with E-state index in [1.54, 1.807) is 0 Å². The van der Waals surface area contributed by atoms with Crippen molar-refractivity contribution in [2.45, 2.75) is 37.8 Å². The van der Waals surface area contributed by atoms with Crippen LogP contribution in [0, 0.1) is 0 Å². The van der Waals surface area contributed by atoms with E-state index in [-0.39, 0.29) is 6.10 Å². The van der Waals surface area contributed by atoms with Crippen LogP contribution in [0.5, 0.6) is 0 Å². The van der Waals surface area contributed by atoms with Gasteiger partial charge in [0.2, 0.25) is 0 Å². The van der Waals surface area contributed by atoms with Gasteiger partial charge in [-0.2, -0.15) is 0 Å². The lowest BCUT2D eigenvalue weighted by Crippen LogP contribution is -2.35. The van der Waals surface area contributed by atoms with E-state index >= 15 is 0 Å². The molecule has 0 radical (unpaired) electrons. The van der Waals surface area contributed by atoms with Crippen molar-refractivity contribution in [3.05, 3.63) is 34.3 Å². The molecule has 3 heteroatoms. The van der Waals surface area contributed by atoms with Crippen LogP contribution in [0.3, 0.4) is 0 Å². The van der Waals surface area contributed by atoms with Gasteiger partial charge in [-0.1, -0.05) is 40.5 Å². The first-order valence-electron chi connectivity index (χ1n) is 5.93. The summed E-state index contributed by atoms with van der Waals surface area (Å²) in [7, 11) is 0. The van der Waals surface area contributed by atoms with Crippen LogP contribution in [0.4, 0.5) is 0 Å². The fourth-order valence-electron chi connectivity index (χ4n) is 2.27. The lowest BCUT2D eigenvalue weighted by molar-refractivity contribution is 0.144. The van der Waals surface area contributed by atoms with E-state index in [1.165, 1.54) is 19.3 Å². The molecule has 0 spiro atoms. The van der Waals surface area contributed by atoms with Gasteiger partial charge < -0.3 is 10.4 Å². The standard InChI is InChI=1S/C13H18BrNO/c14-12-7-2-1-6-11(12)13(16)9-10-5-3-4-8-15-10/h1-2,6-7,10,13,15-16H,3-5,8-9H2/t10-,13-/m0/s1. The van der Waals surface area contributed by atoms with E-state index in [4.69, 9.17) is 0 Å². The van der Waals surface area contributed by atoms with Gasteiger partial charge in [0.15, 0.2) is 0 Å². The number of benzene rings is 1. The summed E-state index contributed by atoms with van der Waals surface area (Å²) in [6.07, 6.45) is 4.16. The molecule has 0 aromatic heterocycles. The minimum atomic E-state index is -0.369. The lowest BCUT2D eigenvalue weighted by Gasteiger charge is -2.26. The number of aliphatic hydroxyl groups is 1. The molecule has 88 valence electrons. The van der Waals surface area contributed by atoms with Gasteiger partial charge in [-0.3, -0.25) is 0 Å². The van der Waals surface area contributed by atoms with Gasteiger partial charge in [-0.25, -0.2) is 0 Å². The highest BCUT2D eigenvalue weighted by molar-refractivity contribution is 9.10. The van der Waals surface area contributed by atoms with Crippen LogP contribution in [0.25, 0.3) is 0 Å². The quantitative estimate of drug-likeness (QED) is 0.894. The zero-order valence-corrected chi connectivity index (χ0v) is 10.9. The molecule has 1 saturated heterocycles. The zero-order valence-electron chi connectivity index (χ0n) is 9.32. The molecule has 1 fully saturated rings. The lowest BCUT2D eigenvalue weighted by atomic mass is 9.96. The Morgan fingerprint density at radius 3 is 2.88 bits per heavy atom. The predicted octanol–water partition coefficient (Wildman–Crippen LogP) is 3.01. The molecule has 1 heterocycles. The molecule has 0 bridgehead atoms. The van der Waals surface area contributed by atoms with Crippen LogP contribution >= 0.6 is 15.9 Å². The largest absolute Gasteiger partial charge is 0.388 e. The van der Waals surface area contributed by atoms with Crippen molar-refractivity contribution in [2.75, 3.05) is 6.54 Å². The van der Waals surface area contributed by atoms with Crippen molar-refractivity contribution in [3.8, 4) is 0 Å². The third-order valence-electron chi connectivity index (χ3n) is 3.18. The number of halogens is 1. The highest BCUT2D eigenvalue weighted by Crippen LogP contribution is 2.27. The second-order valence-corrected chi connectivity index (χ2v) is 5.27. The third-order valence-corrected chi connectivity index (χ3v) is 3.91. The topological polar surface area (TPSA) is 32.3 Å². The van der Waals surface area contributed by atoms with Crippen LogP contribution in [0.15, 0.2) is 28.7 Å². The van der Waals surface area contributed by atoms with Gasteiger partial charge in [0.25, 0.3) is 0 Å². The molecule has 2 rings (SSSR count). The van der Waals surface area contributed by atoms with Crippen molar-refractivity contribution in [1.82, 2.24) is 5.32 Å². The van der Waals surface area contributed by atoms with E-state index in [2.05, 4.69) is 21.2 Å². The molecule has 0 saturated carbocycles. The van der Waals surface area contributed by atoms with E-state index in [0.717, 1.165) is 23.0 Å². The Hall–Kier alpha value is -0.380. The van der Waals surface area contributed by atoms with Crippen LogP contribution in [-0.2, 0) is 0 Å². The number of aliphatic hydroxyl groups excluding tert-OH is 1. The number of rotatable bonds is 3. The Balaban J connectivity index is 1.96. The fraction of sp³-hybridized carbons (Fsp3) is 0.538. The first kappa shape index (κ1) is 12.1. The molecule has 0 aliphatic carbocycles. The smallest absolute Gasteiger partial charge is 0.0815 e. The van der Waals surface area contributed by atoms with Gasteiger partial charge >= 0.3 is 0 Å². The molecule has 1 aromatic carbocycles. The molecule has 2 atom stereocenters. The first-order chi connectivity index (χ1) is 7.77. The molecular weight excluding hydrogens is 266 g/mol. The van der Waals surface area contributed by atoms with E-state index in [9.17, 15) is 5.11 Å². The maximum absolute atomic E-state index is 10.2. The molecule has 16 heavy (non-hydrogen) atoms. The van der Waals surface area contributed by atoms with Crippen LogP contribution < -0.4 is 5.32 Å². The van der Waals surface area contributed by atoms with Crippen molar-refractivity contribution in [3.63, 3.8) is 0 Å². The second-order valence-electron chi connectivity index (χ2n) is 4.42. The van der Waals surface area contributed by atoms with E-state index in [1.807, 2.05) is 24.3 Å². The van der Waals surface area contributed by atoms with Crippen LogP contribution in [0.2, 0.25) is 0 Å². The van der Waals surface area contributed by atoms with Crippen molar-refractivity contribution in [1.29, 1.82) is 0 Å². The summed E-state index contributed by atoms with van der Waals surface area (Å²) in [6, 6.07) is 8.37. The molecule has 1 aliphatic heterocycles. The van der Waals surface area contributed by atoms with Crippen molar-refractivity contribution in [2.24, 2.45) is 0 Å². The van der Waals surface area contributed by atoms with Gasteiger partial charge in [0.1, 0.15) is 0 Å². The maximum atomic E-state index is 10.2. The Morgan fingerprint density at radius 1 is 1.38 bits per heavy atom. The number of nitrogens with one attached hydrogen (secondary N) is 1. The van der Waals surface area contributed by atoms with Crippen molar-refractivity contribution < 1.29 is 5.11 Å². The van der Waals surface area contributed by atoms with Gasteiger partial charge in [-0.15, -0.1) is 0 Å². The normalized spacial score (nSPS) is 23.0. The van der Waals surface area contributed by atoms with Crippen LogP contribution in [0.1, 0.15) is 37.4 Å². The number of hydrogen-bond acceptors (Lipinski definition) is 2. The van der Waals surface area contributed by atoms with Gasteiger partial charge in [0, 0.05) is 10.5 Å². The maximum Gasteiger partial charge on any atom is 0.0815 e. The SMILES string of the molecule is O[C@@H](C[C@@H]1CCCCN1)c1ccccc1Br. The predicted molar refractivity (Wildman–Crippen MR) is 69.4 cm³/mol. The summed E-state index contributed by atoms with van der Waals surface area (Å²) in [5.41, 5.74) is 0.995. The molecule has 0 unspecified atom stereocenters. The Kier molecular flexibility index (Phi) is 4.38. The summed E-state index contributed by atoms with van der Waals surface area (Å²) in [5, 5.41) is 13.6. The van der Waals surface area contributed by atoms with Gasteiger partial charge in [-0.05, 0) is 37.4 Å². The minimum Gasteiger partial charge on any atom is -0.388 e. The molecule has 1 aromatic rings. The zero-order chi connectivity index (χ0) is 11.4. The summed E-state index contributed by atoms with van der Waals surface area (Å²) < 4.78 is 0.998. The molecular formula is C13H18BrNO. The average Bonchev–Trinajstić information content (AvgIpc) is 2.31. The Morgan fingerprint density at radius 2 is 2.19 bits per heavy atom. The summed E-state index contributed by atoms with van der Waals surface area (Å²) in [4.78, 5) is 0. The number of hydrogen-bond donors (Lipinski definition) is 2. The fourth-order valence-corrected chi connectivity index (χ4v) is 2.82. The monoisotopic (exact) mass is 283 g/mol. The molecule has 2 nitrogen and oxygen atoms in total. The third kappa shape index (κ3) is 3.06. The van der Waals surface area contributed by atoms with Gasteiger partial charge in [0.05, 0.1) is 6.10 Å². The van der Waals surface area contributed by atoms with E-state index < -0.39 is 0 Å². The average molecular weight is 284 g/mol. The minimum absolute atomic E-state index is 0.369. The Labute approximate surface area is 105 Å². The van der Waals surface area contributed by atoms with Crippen LogP contribution in [-0.4, -0.2) is 17.7 Å². The van der Waals surface area contributed by atoms with E-state index in [0.29, 0.717) is 6.04 Å². The second kappa shape index (κ2) is 5.80. The summed E-state index contributed by atoms with van der Waals surface area (Å²) in [6.45, 7) is 1.09. The summed E-state index contributed by atoms with van der Waals surface area (Å²) >= 11 is 3.48. The highest BCUT2D eigenvalue weighted by atomic mass is 79.9. The summed E-state index contributed by atoms with van der Waals surface area (Å²) in [5.74, 6) is 0. The molecule has 2 N–H and O–H groups in total. The molecule has 0 amide bonds. The molecule has 1 aliphatic rings. The number of piperidine rings is 1.